The molecule has 0 spiro atoms. The van der Waals surface area contributed by atoms with Gasteiger partial charge in [-0.3, -0.25) is 0 Å². The zero-order valence-electron chi connectivity index (χ0n) is 13.2. The van der Waals surface area contributed by atoms with E-state index in [0.29, 0.717) is 12.6 Å². The van der Waals surface area contributed by atoms with Crippen LogP contribution in [0.1, 0.15) is 36.5 Å². The summed E-state index contributed by atoms with van der Waals surface area (Å²) in [5, 5.41) is 12.1. The second kappa shape index (κ2) is 6.94. The highest BCUT2D eigenvalue weighted by Crippen LogP contribution is 2.26. The molecule has 0 aliphatic heterocycles. The smallest absolute Gasteiger partial charge is 0.317 e. The maximum Gasteiger partial charge on any atom is 0.317 e. The number of carbonyl (C=O) groups is 1. The third-order valence-electron chi connectivity index (χ3n) is 3.98. The molecule has 2 rings (SSSR count). The van der Waals surface area contributed by atoms with Gasteiger partial charge in [0.2, 0.25) is 0 Å². The summed E-state index contributed by atoms with van der Waals surface area (Å²) in [6, 6.07) is 6.78. The Morgan fingerprint density at radius 2 is 2.14 bits per heavy atom. The molecule has 4 heteroatoms. The number of amides is 2. The van der Waals surface area contributed by atoms with Gasteiger partial charge in [-0.05, 0) is 51.2 Å². The van der Waals surface area contributed by atoms with Gasteiger partial charge in [0.1, 0.15) is 0 Å². The summed E-state index contributed by atoms with van der Waals surface area (Å²) in [6.45, 7) is 6.67. The molecule has 4 nitrogen and oxygen atoms in total. The Labute approximate surface area is 127 Å². The average molecular weight is 290 g/mol. The van der Waals surface area contributed by atoms with Gasteiger partial charge in [0.15, 0.2) is 0 Å². The van der Waals surface area contributed by atoms with Crippen molar-refractivity contribution in [2.45, 2.75) is 52.1 Å². The van der Waals surface area contributed by atoms with E-state index in [0.717, 1.165) is 19.3 Å². The number of aliphatic hydroxyl groups excluding tert-OH is 1. The van der Waals surface area contributed by atoms with Crippen molar-refractivity contribution in [3.8, 4) is 0 Å². The van der Waals surface area contributed by atoms with Crippen LogP contribution in [0.3, 0.4) is 0 Å². The third-order valence-corrected chi connectivity index (χ3v) is 3.98. The van der Waals surface area contributed by atoms with Crippen molar-refractivity contribution >= 4 is 6.03 Å². The van der Waals surface area contributed by atoms with E-state index < -0.39 is 0 Å². The number of hydrogen-bond donors (Lipinski definition) is 2. The summed E-state index contributed by atoms with van der Waals surface area (Å²) < 4.78 is 0. The highest BCUT2D eigenvalue weighted by Gasteiger charge is 2.32. The summed E-state index contributed by atoms with van der Waals surface area (Å²) in [5.74, 6) is 0. The average Bonchev–Trinajstić information content (AvgIpc) is 3.23. The second-order valence-electron chi connectivity index (χ2n) is 6.13. The first kappa shape index (κ1) is 15.8. The van der Waals surface area contributed by atoms with Gasteiger partial charge in [0, 0.05) is 18.6 Å². The molecule has 1 fully saturated rings. The van der Waals surface area contributed by atoms with E-state index in [1.807, 2.05) is 6.92 Å². The lowest BCUT2D eigenvalue weighted by molar-refractivity contribution is 0.171. The SMILES string of the molecule is Cc1ccc(CC(C)NC(=O)N(CCO)C2CC2)c(C)c1. The first-order valence-corrected chi connectivity index (χ1v) is 7.75. The van der Waals surface area contributed by atoms with Crippen molar-refractivity contribution in [3.05, 3.63) is 34.9 Å². The molecule has 2 amide bonds. The monoisotopic (exact) mass is 290 g/mol. The number of nitrogens with zero attached hydrogens (tertiary/aromatic N) is 1. The van der Waals surface area contributed by atoms with Gasteiger partial charge in [-0.25, -0.2) is 4.79 Å². The second-order valence-corrected chi connectivity index (χ2v) is 6.13. The Morgan fingerprint density at radius 3 is 2.71 bits per heavy atom. The molecule has 2 N–H and O–H groups in total. The number of urea groups is 1. The fourth-order valence-electron chi connectivity index (χ4n) is 2.69. The fourth-order valence-corrected chi connectivity index (χ4v) is 2.69. The summed E-state index contributed by atoms with van der Waals surface area (Å²) in [5.41, 5.74) is 3.80. The normalized spacial score (nSPS) is 15.6. The van der Waals surface area contributed by atoms with Crippen molar-refractivity contribution in [2.75, 3.05) is 13.2 Å². The van der Waals surface area contributed by atoms with Crippen LogP contribution in [-0.4, -0.2) is 41.3 Å². The Morgan fingerprint density at radius 1 is 1.43 bits per heavy atom. The summed E-state index contributed by atoms with van der Waals surface area (Å²) in [7, 11) is 0. The topological polar surface area (TPSA) is 52.6 Å². The molecule has 0 heterocycles. The van der Waals surface area contributed by atoms with Crippen molar-refractivity contribution in [2.24, 2.45) is 0 Å². The predicted octanol–water partition coefficient (Wildman–Crippen LogP) is 2.40. The van der Waals surface area contributed by atoms with Crippen LogP contribution in [0.2, 0.25) is 0 Å². The van der Waals surface area contributed by atoms with Crippen molar-refractivity contribution in [3.63, 3.8) is 0 Å². The highest BCUT2D eigenvalue weighted by atomic mass is 16.3. The zero-order chi connectivity index (χ0) is 15.4. The molecule has 21 heavy (non-hydrogen) atoms. The molecule has 1 unspecified atom stereocenters. The standard InChI is InChI=1S/C17H26N2O2/c1-12-4-5-15(13(2)10-12)11-14(3)18-17(21)19(8-9-20)16-6-7-16/h4-5,10,14,16,20H,6-9,11H2,1-3H3,(H,18,21). The van der Waals surface area contributed by atoms with E-state index in [-0.39, 0.29) is 18.7 Å². The molecule has 0 saturated heterocycles. The molecule has 1 aromatic rings. The molecule has 0 bridgehead atoms. The Hall–Kier alpha value is -1.55. The van der Waals surface area contributed by atoms with Gasteiger partial charge < -0.3 is 15.3 Å². The Balaban J connectivity index is 1.91. The molecular weight excluding hydrogens is 264 g/mol. The minimum atomic E-state index is -0.0520. The van der Waals surface area contributed by atoms with Gasteiger partial charge in [-0.1, -0.05) is 23.8 Å². The van der Waals surface area contributed by atoms with E-state index in [1.165, 1.54) is 16.7 Å². The number of carbonyl (C=O) groups excluding carboxylic acids is 1. The molecule has 1 aliphatic rings. The largest absolute Gasteiger partial charge is 0.395 e. The molecular formula is C17H26N2O2. The summed E-state index contributed by atoms with van der Waals surface area (Å²) >= 11 is 0. The summed E-state index contributed by atoms with van der Waals surface area (Å²) in [6.07, 6.45) is 2.94. The van der Waals surface area contributed by atoms with Crippen LogP contribution in [0.15, 0.2) is 18.2 Å². The van der Waals surface area contributed by atoms with Gasteiger partial charge in [0.05, 0.1) is 6.61 Å². The van der Waals surface area contributed by atoms with Gasteiger partial charge in [-0.2, -0.15) is 0 Å². The predicted molar refractivity (Wildman–Crippen MR) is 84.4 cm³/mol. The maximum atomic E-state index is 12.3. The Kier molecular flexibility index (Phi) is 5.23. The highest BCUT2D eigenvalue weighted by molar-refractivity contribution is 5.75. The lowest BCUT2D eigenvalue weighted by atomic mass is 10.00. The van der Waals surface area contributed by atoms with E-state index in [4.69, 9.17) is 5.11 Å². The quantitative estimate of drug-likeness (QED) is 0.845. The number of aliphatic hydroxyl groups is 1. The molecule has 0 aromatic heterocycles. The van der Waals surface area contributed by atoms with Crippen LogP contribution < -0.4 is 5.32 Å². The minimum absolute atomic E-state index is 0.0232. The van der Waals surface area contributed by atoms with E-state index in [1.54, 1.807) is 4.90 Å². The molecule has 1 atom stereocenters. The molecule has 1 aromatic carbocycles. The fraction of sp³-hybridized carbons (Fsp3) is 0.588. The van der Waals surface area contributed by atoms with E-state index in [2.05, 4.69) is 37.4 Å². The molecule has 116 valence electrons. The summed E-state index contributed by atoms with van der Waals surface area (Å²) in [4.78, 5) is 14.0. The van der Waals surface area contributed by atoms with Crippen molar-refractivity contribution in [1.82, 2.24) is 10.2 Å². The number of rotatable bonds is 6. The van der Waals surface area contributed by atoms with Crippen LogP contribution in [0.5, 0.6) is 0 Å². The van der Waals surface area contributed by atoms with Gasteiger partial charge in [0.25, 0.3) is 0 Å². The molecule has 1 saturated carbocycles. The third kappa shape index (κ3) is 4.46. The maximum absolute atomic E-state index is 12.3. The van der Waals surface area contributed by atoms with Crippen molar-refractivity contribution < 1.29 is 9.90 Å². The van der Waals surface area contributed by atoms with Crippen LogP contribution in [0.25, 0.3) is 0 Å². The lowest BCUT2D eigenvalue weighted by Gasteiger charge is -2.24. The Bertz CT molecular complexity index is 498. The molecule has 1 aliphatic carbocycles. The minimum Gasteiger partial charge on any atom is -0.395 e. The van der Waals surface area contributed by atoms with Crippen LogP contribution in [0, 0.1) is 13.8 Å². The van der Waals surface area contributed by atoms with Crippen molar-refractivity contribution in [1.29, 1.82) is 0 Å². The number of nitrogens with one attached hydrogen (secondary N) is 1. The number of benzene rings is 1. The van der Waals surface area contributed by atoms with Crippen LogP contribution >= 0.6 is 0 Å². The van der Waals surface area contributed by atoms with Gasteiger partial charge in [-0.15, -0.1) is 0 Å². The first-order valence-electron chi connectivity index (χ1n) is 7.75. The van der Waals surface area contributed by atoms with Gasteiger partial charge >= 0.3 is 6.03 Å². The first-order chi connectivity index (χ1) is 10.0. The number of hydrogen-bond acceptors (Lipinski definition) is 2. The molecule has 0 radical (unpaired) electrons. The van der Waals surface area contributed by atoms with Crippen LogP contribution in [0.4, 0.5) is 4.79 Å². The van der Waals surface area contributed by atoms with E-state index in [9.17, 15) is 4.79 Å². The zero-order valence-corrected chi connectivity index (χ0v) is 13.2. The number of aryl methyl sites for hydroxylation is 2. The van der Waals surface area contributed by atoms with Crippen LogP contribution in [-0.2, 0) is 6.42 Å². The van der Waals surface area contributed by atoms with E-state index >= 15 is 0 Å². The lowest BCUT2D eigenvalue weighted by Crippen LogP contribution is -2.46.